The highest BCUT2D eigenvalue weighted by molar-refractivity contribution is 5.93. The zero-order valence-electron chi connectivity index (χ0n) is 13.1. The zero-order chi connectivity index (χ0) is 16.5. The first-order chi connectivity index (χ1) is 11.2. The van der Waals surface area contributed by atoms with Crippen LogP contribution in [0.15, 0.2) is 48.5 Å². The number of hydrogen-bond donors (Lipinski definition) is 2. The van der Waals surface area contributed by atoms with Crippen molar-refractivity contribution >= 4 is 17.3 Å². The Bertz CT molecular complexity index is 629. The summed E-state index contributed by atoms with van der Waals surface area (Å²) in [7, 11) is 0. The lowest BCUT2D eigenvalue weighted by Crippen LogP contribution is -2.22. The Morgan fingerprint density at radius 3 is 2.61 bits per heavy atom. The Morgan fingerprint density at radius 1 is 1.13 bits per heavy atom. The van der Waals surface area contributed by atoms with Crippen molar-refractivity contribution in [2.75, 3.05) is 23.8 Å². The zero-order valence-corrected chi connectivity index (χ0v) is 13.1. The number of benzene rings is 2. The average molecular weight is 316 g/mol. The van der Waals surface area contributed by atoms with Crippen molar-refractivity contribution in [1.29, 1.82) is 0 Å². The van der Waals surface area contributed by atoms with Gasteiger partial charge in [-0.05, 0) is 42.8 Å². The molecule has 1 amide bonds. The minimum absolute atomic E-state index is 0.103. The summed E-state index contributed by atoms with van der Waals surface area (Å²) >= 11 is 0. The smallest absolute Gasteiger partial charge is 0.243 e. The van der Waals surface area contributed by atoms with E-state index in [1.807, 2.05) is 24.3 Å². The van der Waals surface area contributed by atoms with E-state index in [0.29, 0.717) is 12.3 Å². The monoisotopic (exact) mass is 316 g/mol. The minimum atomic E-state index is -0.334. The van der Waals surface area contributed by atoms with Gasteiger partial charge < -0.3 is 15.4 Å². The van der Waals surface area contributed by atoms with Crippen molar-refractivity contribution in [2.45, 2.75) is 19.8 Å². The lowest BCUT2D eigenvalue weighted by atomic mass is 10.3. The van der Waals surface area contributed by atoms with Crippen LogP contribution in [0.5, 0.6) is 5.75 Å². The summed E-state index contributed by atoms with van der Waals surface area (Å²) < 4.78 is 18.5. The van der Waals surface area contributed by atoms with E-state index >= 15 is 0 Å². The molecule has 0 aliphatic rings. The number of ether oxygens (including phenoxy) is 1. The minimum Gasteiger partial charge on any atom is -0.491 e. The van der Waals surface area contributed by atoms with Gasteiger partial charge >= 0.3 is 0 Å². The molecule has 0 atom stereocenters. The molecule has 0 saturated carbocycles. The maximum Gasteiger partial charge on any atom is 0.243 e. The van der Waals surface area contributed by atoms with Gasteiger partial charge in [0, 0.05) is 5.69 Å². The number of hydrogen-bond acceptors (Lipinski definition) is 3. The van der Waals surface area contributed by atoms with Gasteiger partial charge in [0.15, 0.2) is 0 Å². The second kappa shape index (κ2) is 8.78. The van der Waals surface area contributed by atoms with Crippen LogP contribution in [-0.2, 0) is 4.79 Å². The number of rotatable bonds is 8. The van der Waals surface area contributed by atoms with E-state index in [2.05, 4.69) is 17.6 Å². The van der Waals surface area contributed by atoms with Crippen LogP contribution in [-0.4, -0.2) is 19.1 Å². The van der Waals surface area contributed by atoms with E-state index in [9.17, 15) is 9.18 Å². The third-order valence-electron chi connectivity index (χ3n) is 3.21. The number of nitrogens with one attached hydrogen (secondary N) is 2. The molecule has 23 heavy (non-hydrogen) atoms. The van der Waals surface area contributed by atoms with Gasteiger partial charge in [0.05, 0.1) is 18.8 Å². The largest absolute Gasteiger partial charge is 0.491 e. The first-order valence-electron chi connectivity index (χ1n) is 7.70. The van der Waals surface area contributed by atoms with E-state index in [4.69, 9.17) is 4.74 Å². The summed E-state index contributed by atoms with van der Waals surface area (Å²) in [5, 5.41) is 5.76. The van der Waals surface area contributed by atoms with Crippen molar-refractivity contribution in [3.05, 3.63) is 54.3 Å². The molecule has 4 nitrogen and oxygen atoms in total. The highest BCUT2D eigenvalue weighted by atomic mass is 19.1. The molecule has 0 fully saturated rings. The van der Waals surface area contributed by atoms with Gasteiger partial charge in [0.1, 0.15) is 11.6 Å². The third kappa shape index (κ3) is 5.62. The van der Waals surface area contributed by atoms with E-state index in [0.717, 1.165) is 24.3 Å². The standard InChI is InChI=1S/C18H21FN2O2/c1-2-3-12-23-17-7-5-4-6-16(17)20-13-18(22)21-15-10-8-14(19)9-11-15/h4-11,20H,2-3,12-13H2,1H3,(H,21,22). The molecule has 122 valence electrons. The molecule has 0 bridgehead atoms. The SMILES string of the molecule is CCCCOc1ccccc1NCC(=O)Nc1ccc(F)cc1. The van der Waals surface area contributed by atoms with Crippen LogP contribution in [0.25, 0.3) is 0 Å². The van der Waals surface area contributed by atoms with Crippen LogP contribution in [0.2, 0.25) is 0 Å². The fourth-order valence-electron chi connectivity index (χ4n) is 1.98. The number of halogens is 1. The molecule has 0 heterocycles. The van der Waals surface area contributed by atoms with Crippen LogP contribution < -0.4 is 15.4 Å². The number of para-hydroxylation sites is 2. The van der Waals surface area contributed by atoms with E-state index in [1.165, 1.54) is 24.3 Å². The Labute approximate surface area is 135 Å². The number of amides is 1. The average Bonchev–Trinajstić information content (AvgIpc) is 2.56. The maximum atomic E-state index is 12.8. The maximum absolute atomic E-state index is 12.8. The normalized spacial score (nSPS) is 10.2. The highest BCUT2D eigenvalue weighted by Crippen LogP contribution is 2.23. The quantitative estimate of drug-likeness (QED) is 0.722. The molecule has 0 aliphatic heterocycles. The molecule has 2 aromatic rings. The number of carbonyl (C=O) groups is 1. The van der Waals surface area contributed by atoms with Gasteiger partial charge in [-0.25, -0.2) is 4.39 Å². The molecule has 5 heteroatoms. The molecule has 0 spiro atoms. The molecular weight excluding hydrogens is 295 g/mol. The van der Waals surface area contributed by atoms with Gasteiger partial charge in [-0.3, -0.25) is 4.79 Å². The Kier molecular flexibility index (Phi) is 6.41. The first-order valence-corrected chi connectivity index (χ1v) is 7.70. The Balaban J connectivity index is 1.87. The fraction of sp³-hybridized carbons (Fsp3) is 0.278. The first kappa shape index (κ1) is 16.8. The molecule has 0 unspecified atom stereocenters. The van der Waals surface area contributed by atoms with Gasteiger partial charge in [0.2, 0.25) is 5.91 Å². The summed E-state index contributed by atoms with van der Waals surface area (Å²) in [5.74, 6) is 0.190. The van der Waals surface area contributed by atoms with Crippen LogP contribution in [0.1, 0.15) is 19.8 Å². The summed E-state index contributed by atoms with van der Waals surface area (Å²) in [5.41, 5.74) is 1.34. The third-order valence-corrected chi connectivity index (χ3v) is 3.21. The van der Waals surface area contributed by atoms with Crippen molar-refractivity contribution in [2.24, 2.45) is 0 Å². The second-order valence-electron chi connectivity index (χ2n) is 5.11. The fourth-order valence-corrected chi connectivity index (χ4v) is 1.98. The van der Waals surface area contributed by atoms with Crippen molar-refractivity contribution in [1.82, 2.24) is 0 Å². The topological polar surface area (TPSA) is 50.4 Å². The van der Waals surface area contributed by atoms with Gasteiger partial charge in [-0.1, -0.05) is 25.5 Å². The van der Waals surface area contributed by atoms with Crippen molar-refractivity contribution < 1.29 is 13.9 Å². The Hall–Kier alpha value is -2.56. The summed E-state index contributed by atoms with van der Waals surface area (Å²) in [6.45, 7) is 2.86. The van der Waals surface area contributed by atoms with Crippen molar-refractivity contribution in [3.8, 4) is 5.75 Å². The van der Waals surface area contributed by atoms with E-state index < -0.39 is 0 Å². The van der Waals surface area contributed by atoms with Crippen LogP contribution >= 0.6 is 0 Å². The van der Waals surface area contributed by atoms with Crippen LogP contribution in [0.4, 0.5) is 15.8 Å². The molecule has 0 aromatic heterocycles. The van der Waals surface area contributed by atoms with E-state index in [-0.39, 0.29) is 18.3 Å². The molecular formula is C18H21FN2O2. The molecule has 2 rings (SSSR count). The van der Waals surface area contributed by atoms with E-state index in [1.54, 1.807) is 0 Å². The highest BCUT2D eigenvalue weighted by Gasteiger charge is 2.06. The predicted octanol–water partition coefficient (Wildman–Crippen LogP) is 4.06. The Morgan fingerprint density at radius 2 is 1.87 bits per heavy atom. The number of anilines is 2. The lowest BCUT2D eigenvalue weighted by molar-refractivity contribution is -0.114. The van der Waals surface area contributed by atoms with Gasteiger partial charge in [-0.15, -0.1) is 0 Å². The number of carbonyl (C=O) groups excluding carboxylic acids is 1. The number of unbranched alkanes of at least 4 members (excludes halogenated alkanes) is 1. The van der Waals surface area contributed by atoms with Crippen LogP contribution in [0.3, 0.4) is 0 Å². The predicted molar refractivity (Wildman–Crippen MR) is 90.4 cm³/mol. The van der Waals surface area contributed by atoms with Gasteiger partial charge in [-0.2, -0.15) is 0 Å². The van der Waals surface area contributed by atoms with Crippen LogP contribution in [0, 0.1) is 5.82 Å². The summed E-state index contributed by atoms with van der Waals surface area (Å²) in [6.07, 6.45) is 2.05. The molecule has 0 saturated heterocycles. The lowest BCUT2D eigenvalue weighted by Gasteiger charge is -2.13. The second-order valence-corrected chi connectivity index (χ2v) is 5.11. The van der Waals surface area contributed by atoms with Crippen molar-refractivity contribution in [3.63, 3.8) is 0 Å². The molecule has 2 aromatic carbocycles. The molecule has 0 radical (unpaired) electrons. The summed E-state index contributed by atoms with van der Waals surface area (Å²) in [6, 6.07) is 13.2. The summed E-state index contributed by atoms with van der Waals surface area (Å²) in [4.78, 5) is 11.9. The molecule has 2 N–H and O–H groups in total. The molecule has 0 aliphatic carbocycles. The van der Waals surface area contributed by atoms with Gasteiger partial charge in [0.25, 0.3) is 0 Å².